The average molecular weight is 258 g/mol. The molecule has 7 heteroatoms. The number of hydrogen-bond acceptors (Lipinski definition) is 6. The van der Waals surface area contributed by atoms with Gasteiger partial charge in [-0.25, -0.2) is 14.8 Å². The zero-order chi connectivity index (χ0) is 13.2. The van der Waals surface area contributed by atoms with Crippen molar-refractivity contribution in [2.75, 3.05) is 6.61 Å². The highest BCUT2D eigenvalue weighted by Crippen LogP contribution is 2.13. The molecule has 1 aliphatic heterocycles. The molecule has 1 atom stereocenters. The molecule has 3 heterocycles. The largest absolute Gasteiger partial charge is 0.464 e. The first-order valence-electron chi connectivity index (χ1n) is 5.79. The number of rotatable bonds is 2. The van der Waals surface area contributed by atoms with Crippen LogP contribution >= 0.6 is 0 Å². The lowest BCUT2D eigenvalue weighted by atomic mass is 10.2. The number of carbonyl (C=O) groups excluding carboxylic acids is 2. The van der Waals surface area contributed by atoms with Crippen LogP contribution in [0.2, 0.25) is 0 Å². The molecule has 1 saturated heterocycles. The highest BCUT2D eigenvalue weighted by molar-refractivity contribution is 6.05. The molecule has 2 aromatic rings. The van der Waals surface area contributed by atoms with Crippen LogP contribution in [0.25, 0.3) is 11.2 Å². The van der Waals surface area contributed by atoms with Crippen LogP contribution in [0.1, 0.15) is 16.8 Å². The second kappa shape index (κ2) is 4.60. The number of pyridine rings is 1. The Bertz CT molecular complexity index is 653. The van der Waals surface area contributed by atoms with Crippen molar-refractivity contribution in [3.63, 3.8) is 0 Å². The van der Waals surface area contributed by atoms with Gasteiger partial charge in [0.2, 0.25) is 0 Å². The normalized spacial score (nSPS) is 18.3. The van der Waals surface area contributed by atoms with Crippen molar-refractivity contribution in [1.29, 1.82) is 0 Å². The summed E-state index contributed by atoms with van der Waals surface area (Å²) in [6, 6.07) is 0.958. The molecule has 0 spiro atoms. The SMILES string of the molecule is O=C(N[C@H]1CCOC1=O)c1ccnc2nccnc12. The topological polar surface area (TPSA) is 94.1 Å². The van der Waals surface area contributed by atoms with Gasteiger partial charge in [0.15, 0.2) is 5.65 Å². The molecule has 1 N–H and O–H groups in total. The summed E-state index contributed by atoms with van der Waals surface area (Å²) >= 11 is 0. The van der Waals surface area contributed by atoms with Gasteiger partial charge in [-0.2, -0.15) is 0 Å². The Kier molecular flexibility index (Phi) is 2.79. The van der Waals surface area contributed by atoms with E-state index in [9.17, 15) is 9.59 Å². The van der Waals surface area contributed by atoms with Crippen molar-refractivity contribution >= 4 is 23.0 Å². The Hall–Kier alpha value is -2.57. The van der Waals surface area contributed by atoms with Crippen LogP contribution in [0.4, 0.5) is 0 Å². The summed E-state index contributed by atoms with van der Waals surface area (Å²) in [5.41, 5.74) is 1.15. The van der Waals surface area contributed by atoms with Crippen LogP contribution in [-0.4, -0.2) is 39.5 Å². The van der Waals surface area contributed by atoms with E-state index in [1.165, 1.54) is 18.6 Å². The predicted octanol–water partition coefficient (Wildman–Crippen LogP) is 0.0701. The Morgan fingerprint density at radius 2 is 2.05 bits per heavy atom. The molecule has 96 valence electrons. The van der Waals surface area contributed by atoms with E-state index in [0.717, 1.165) is 0 Å². The monoisotopic (exact) mass is 258 g/mol. The number of esters is 1. The van der Waals surface area contributed by atoms with Crippen molar-refractivity contribution in [1.82, 2.24) is 20.3 Å². The fourth-order valence-corrected chi connectivity index (χ4v) is 1.92. The first-order valence-corrected chi connectivity index (χ1v) is 5.79. The molecular formula is C12H10N4O3. The van der Waals surface area contributed by atoms with E-state index in [-0.39, 0.29) is 5.91 Å². The van der Waals surface area contributed by atoms with E-state index in [2.05, 4.69) is 20.3 Å². The minimum Gasteiger partial charge on any atom is -0.464 e. The summed E-state index contributed by atoms with van der Waals surface area (Å²) in [7, 11) is 0. The smallest absolute Gasteiger partial charge is 0.328 e. The number of nitrogens with one attached hydrogen (secondary N) is 1. The molecule has 19 heavy (non-hydrogen) atoms. The number of cyclic esters (lactones) is 1. The van der Waals surface area contributed by atoms with Crippen LogP contribution in [0, 0.1) is 0 Å². The van der Waals surface area contributed by atoms with Gasteiger partial charge in [-0.1, -0.05) is 0 Å². The highest BCUT2D eigenvalue weighted by atomic mass is 16.5. The van der Waals surface area contributed by atoms with Gasteiger partial charge in [-0.3, -0.25) is 9.78 Å². The van der Waals surface area contributed by atoms with E-state index in [0.29, 0.717) is 29.8 Å². The van der Waals surface area contributed by atoms with Gasteiger partial charge in [0.25, 0.3) is 5.91 Å². The van der Waals surface area contributed by atoms with Crippen LogP contribution in [0.3, 0.4) is 0 Å². The maximum atomic E-state index is 12.1. The molecule has 7 nitrogen and oxygen atoms in total. The lowest BCUT2D eigenvalue weighted by Gasteiger charge is -2.09. The Balaban J connectivity index is 1.91. The number of nitrogens with zero attached hydrogens (tertiary/aromatic N) is 3. The van der Waals surface area contributed by atoms with Crippen molar-refractivity contribution < 1.29 is 14.3 Å². The quantitative estimate of drug-likeness (QED) is 0.766. The minimum absolute atomic E-state index is 0.334. The first-order chi connectivity index (χ1) is 9.25. The van der Waals surface area contributed by atoms with Gasteiger partial charge in [0.1, 0.15) is 11.6 Å². The van der Waals surface area contributed by atoms with Crippen molar-refractivity contribution in [2.24, 2.45) is 0 Å². The number of carbonyl (C=O) groups is 2. The summed E-state index contributed by atoms with van der Waals surface area (Å²) in [4.78, 5) is 35.6. The molecule has 0 saturated carbocycles. The third-order valence-electron chi connectivity index (χ3n) is 2.86. The summed E-state index contributed by atoms with van der Waals surface area (Å²) in [5, 5.41) is 2.63. The maximum absolute atomic E-state index is 12.1. The lowest BCUT2D eigenvalue weighted by Crippen LogP contribution is -2.38. The Labute approximate surface area is 108 Å². The first kappa shape index (κ1) is 11.5. The van der Waals surface area contributed by atoms with E-state index in [4.69, 9.17) is 4.74 Å². The second-order valence-corrected chi connectivity index (χ2v) is 4.07. The highest BCUT2D eigenvalue weighted by Gasteiger charge is 2.28. The van der Waals surface area contributed by atoms with Crippen molar-refractivity contribution in [2.45, 2.75) is 12.5 Å². The van der Waals surface area contributed by atoms with Crippen molar-refractivity contribution in [3.8, 4) is 0 Å². The summed E-state index contributed by atoms with van der Waals surface area (Å²) < 4.78 is 4.80. The van der Waals surface area contributed by atoms with Crippen LogP contribution in [0.5, 0.6) is 0 Å². The van der Waals surface area contributed by atoms with Gasteiger partial charge in [-0.15, -0.1) is 0 Å². The maximum Gasteiger partial charge on any atom is 0.328 e. The molecule has 0 radical (unpaired) electrons. The molecule has 1 fully saturated rings. The summed E-state index contributed by atoms with van der Waals surface area (Å²) in [5.74, 6) is -0.783. The number of ether oxygens (including phenoxy) is 1. The van der Waals surface area contributed by atoms with Gasteiger partial charge in [0.05, 0.1) is 12.2 Å². The predicted molar refractivity (Wildman–Crippen MR) is 64.2 cm³/mol. The third-order valence-corrected chi connectivity index (χ3v) is 2.86. The molecule has 0 bridgehead atoms. The number of fused-ring (bicyclic) bond motifs is 1. The zero-order valence-corrected chi connectivity index (χ0v) is 9.87. The van der Waals surface area contributed by atoms with E-state index >= 15 is 0 Å². The summed E-state index contributed by atoms with van der Waals surface area (Å²) in [6.07, 6.45) is 4.97. The van der Waals surface area contributed by atoms with E-state index < -0.39 is 12.0 Å². The van der Waals surface area contributed by atoms with Gasteiger partial charge in [-0.05, 0) is 6.07 Å². The Morgan fingerprint density at radius 1 is 1.26 bits per heavy atom. The molecule has 1 amide bonds. The number of amides is 1. The van der Waals surface area contributed by atoms with Gasteiger partial charge in [0, 0.05) is 25.0 Å². The standard InChI is InChI=1S/C12H10N4O3/c17-11(16-8-2-6-19-12(8)18)7-1-3-14-10-9(7)13-4-5-15-10/h1,3-5,8H,2,6H2,(H,16,17)/t8-/m0/s1. The van der Waals surface area contributed by atoms with Crippen LogP contribution in [0.15, 0.2) is 24.7 Å². The third kappa shape index (κ3) is 2.10. The molecule has 1 aliphatic rings. The number of hydrogen-bond donors (Lipinski definition) is 1. The minimum atomic E-state index is -0.590. The van der Waals surface area contributed by atoms with Gasteiger partial charge < -0.3 is 10.1 Å². The molecule has 0 unspecified atom stereocenters. The molecule has 3 rings (SSSR count). The summed E-state index contributed by atoms with van der Waals surface area (Å²) in [6.45, 7) is 0.334. The fraction of sp³-hybridized carbons (Fsp3) is 0.250. The zero-order valence-electron chi connectivity index (χ0n) is 9.87. The molecule has 2 aromatic heterocycles. The molecule has 0 aliphatic carbocycles. The fourth-order valence-electron chi connectivity index (χ4n) is 1.92. The van der Waals surface area contributed by atoms with Gasteiger partial charge >= 0.3 is 5.97 Å². The Morgan fingerprint density at radius 3 is 2.84 bits per heavy atom. The van der Waals surface area contributed by atoms with Crippen molar-refractivity contribution in [3.05, 3.63) is 30.2 Å². The van der Waals surface area contributed by atoms with E-state index in [1.54, 1.807) is 6.07 Å². The van der Waals surface area contributed by atoms with Crippen LogP contribution < -0.4 is 5.32 Å². The average Bonchev–Trinajstić information content (AvgIpc) is 2.83. The molecule has 0 aromatic carbocycles. The van der Waals surface area contributed by atoms with Crippen LogP contribution in [-0.2, 0) is 9.53 Å². The molecular weight excluding hydrogens is 248 g/mol. The number of aromatic nitrogens is 3. The van der Waals surface area contributed by atoms with E-state index in [1.807, 2.05) is 0 Å². The lowest BCUT2D eigenvalue weighted by molar-refractivity contribution is -0.139. The second-order valence-electron chi connectivity index (χ2n) is 4.07.